The molecule has 116 valence electrons. The highest BCUT2D eigenvalue weighted by Crippen LogP contribution is 2.32. The van der Waals surface area contributed by atoms with Crippen molar-refractivity contribution in [2.24, 2.45) is 5.73 Å². The van der Waals surface area contributed by atoms with Crippen LogP contribution >= 0.6 is 15.9 Å². The van der Waals surface area contributed by atoms with Crippen LogP contribution in [0.2, 0.25) is 0 Å². The molecule has 23 heavy (non-hydrogen) atoms. The summed E-state index contributed by atoms with van der Waals surface area (Å²) >= 11 is 3.48. The molecule has 3 N–H and O–H groups in total. The lowest BCUT2D eigenvalue weighted by Gasteiger charge is -2.05. The minimum atomic E-state index is 0.693. The number of nitrogens with zero attached hydrogens (tertiary/aromatic N) is 1. The first-order valence-electron chi connectivity index (χ1n) is 7.73. The number of benzene rings is 2. The van der Waals surface area contributed by atoms with Crippen molar-refractivity contribution < 1.29 is 0 Å². The fourth-order valence-electron chi connectivity index (χ4n) is 2.89. The molecule has 0 saturated carbocycles. The maximum Gasteiger partial charge on any atom is 0.0991 e. The number of aromatic amines is 1. The van der Waals surface area contributed by atoms with Crippen molar-refractivity contribution in [1.29, 1.82) is 5.26 Å². The second kappa shape index (κ2) is 6.99. The Hall–Kier alpha value is -2.09. The van der Waals surface area contributed by atoms with Crippen LogP contribution in [0.15, 0.2) is 46.9 Å². The van der Waals surface area contributed by atoms with E-state index in [-0.39, 0.29) is 0 Å². The van der Waals surface area contributed by atoms with Gasteiger partial charge in [0.2, 0.25) is 0 Å². The molecular weight excluding hydrogens is 350 g/mol. The SMILES string of the molecule is N#Cc1ccc2[nH]c(-c3ccc(Br)cc3)c(CCCCN)c2c1. The zero-order valence-electron chi connectivity index (χ0n) is 12.8. The largest absolute Gasteiger partial charge is 0.354 e. The summed E-state index contributed by atoms with van der Waals surface area (Å²) in [5, 5.41) is 10.3. The number of aryl methyl sites for hydroxylation is 1. The van der Waals surface area contributed by atoms with Gasteiger partial charge in [0.15, 0.2) is 0 Å². The first kappa shape index (κ1) is 15.8. The zero-order valence-corrected chi connectivity index (χ0v) is 14.4. The van der Waals surface area contributed by atoms with Gasteiger partial charge in [0.25, 0.3) is 0 Å². The average Bonchev–Trinajstić information content (AvgIpc) is 2.93. The van der Waals surface area contributed by atoms with Gasteiger partial charge in [-0.1, -0.05) is 28.1 Å². The van der Waals surface area contributed by atoms with Gasteiger partial charge in [-0.15, -0.1) is 0 Å². The van der Waals surface area contributed by atoms with Crippen LogP contribution in [-0.4, -0.2) is 11.5 Å². The summed E-state index contributed by atoms with van der Waals surface area (Å²) in [5.41, 5.74) is 11.0. The lowest BCUT2D eigenvalue weighted by Crippen LogP contribution is -1.99. The molecule has 0 radical (unpaired) electrons. The van der Waals surface area contributed by atoms with Gasteiger partial charge in [-0.2, -0.15) is 5.26 Å². The number of hydrogen-bond donors (Lipinski definition) is 2. The van der Waals surface area contributed by atoms with Crippen LogP contribution < -0.4 is 5.73 Å². The Balaban J connectivity index is 2.13. The van der Waals surface area contributed by atoms with E-state index >= 15 is 0 Å². The molecule has 0 aliphatic carbocycles. The van der Waals surface area contributed by atoms with E-state index in [1.54, 1.807) is 0 Å². The Morgan fingerprint density at radius 2 is 1.87 bits per heavy atom. The fraction of sp³-hybridized carbons (Fsp3) is 0.211. The van der Waals surface area contributed by atoms with Gasteiger partial charge in [-0.25, -0.2) is 0 Å². The summed E-state index contributed by atoms with van der Waals surface area (Å²) in [5.74, 6) is 0. The molecule has 0 aliphatic heterocycles. The molecule has 0 atom stereocenters. The van der Waals surface area contributed by atoms with Gasteiger partial charge in [0, 0.05) is 21.1 Å². The molecule has 0 saturated heterocycles. The summed E-state index contributed by atoms with van der Waals surface area (Å²) in [6, 6.07) is 16.4. The normalized spacial score (nSPS) is 10.8. The predicted octanol–water partition coefficient (Wildman–Crippen LogP) is 4.75. The molecule has 0 bridgehead atoms. The molecule has 1 heterocycles. The highest BCUT2D eigenvalue weighted by Gasteiger charge is 2.13. The summed E-state index contributed by atoms with van der Waals surface area (Å²) in [6.45, 7) is 0.708. The second-order valence-corrected chi connectivity index (χ2v) is 6.52. The van der Waals surface area contributed by atoms with Gasteiger partial charge in [0.05, 0.1) is 11.6 Å². The number of unbranched alkanes of at least 4 members (excludes halogenated alkanes) is 1. The molecule has 0 amide bonds. The van der Waals surface area contributed by atoms with Gasteiger partial charge in [0.1, 0.15) is 0 Å². The van der Waals surface area contributed by atoms with E-state index < -0.39 is 0 Å². The van der Waals surface area contributed by atoms with Gasteiger partial charge in [-0.3, -0.25) is 0 Å². The quantitative estimate of drug-likeness (QED) is 0.638. The number of fused-ring (bicyclic) bond motifs is 1. The van der Waals surface area contributed by atoms with Crippen molar-refractivity contribution in [3.8, 4) is 17.3 Å². The molecule has 3 rings (SSSR count). The van der Waals surface area contributed by atoms with E-state index in [9.17, 15) is 5.26 Å². The lowest BCUT2D eigenvalue weighted by molar-refractivity contribution is 0.748. The number of nitrogens with two attached hydrogens (primary N) is 1. The second-order valence-electron chi connectivity index (χ2n) is 5.60. The van der Waals surface area contributed by atoms with E-state index in [4.69, 9.17) is 5.73 Å². The predicted molar refractivity (Wildman–Crippen MR) is 98.1 cm³/mol. The fourth-order valence-corrected chi connectivity index (χ4v) is 3.15. The maximum absolute atomic E-state index is 9.17. The molecule has 0 fully saturated rings. The minimum absolute atomic E-state index is 0.693. The number of rotatable bonds is 5. The van der Waals surface area contributed by atoms with E-state index in [1.807, 2.05) is 30.3 Å². The number of H-pyrrole nitrogens is 1. The number of nitrogens with one attached hydrogen (secondary N) is 1. The highest BCUT2D eigenvalue weighted by molar-refractivity contribution is 9.10. The van der Waals surface area contributed by atoms with Gasteiger partial charge < -0.3 is 10.7 Å². The third-order valence-corrected chi connectivity index (χ3v) is 4.58. The molecule has 4 heteroatoms. The Morgan fingerprint density at radius 3 is 2.57 bits per heavy atom. The summed E-state index contributed by atoms with van der Waals surface area (Å²) in [7, 11) is 0. The molecule has 3 aromatic rings. The van der Waals surface area contributed by atoms with Crippen LogP contribution in [0.1, 0.15) is 24.0 Å². The topological polar surface area (TPSA) is 65.6 Å². The number of aromatic nitrogens is 1. The van der Waals surface area contributed by atoms with Crippen LogP contribution in [0.25, 0.3) is 22.2 Å². The molecule has 3 nitrogen and oxygen atoms in total. The van der Waals surface area contributed by atoms with Crippen LogP contribution in [0, 0.1) is 11.3 Å². The summed E-state index contributed by atoms with van der Waals surface area (Å²) in [4.78, 5) is 3.52. The van der Waals surface area contributed by atoms with Crippen molar-refractivity contribution in [1.82, 2.24) is 4.98 Å². The molecule has 0 spiro atoms. The minimum Gasteiger partial charge on any atom is -0.354 e. The Labute approximate surface area is 144 Å². The molecule has 0 aliphatic rings. The van der Waals surface area contributed by atoms with Crippen molar-refractivity contribution in [2.45, 2.75) is 19.3 Å². The first-order valence-corrected chi connectivity index (χ1v) is 8.53. The molecular formula is C19H18BrN3. The maximum atomic E-state index is 9.17. The average molecular weight is 368 g/mol. The summed E-state index contributed by atoms with van der Waals surface area (Å²) in [6.07, 6.45) is 3.01. The first-order chi connectivity index (χ1) is 11.2. The number of halogens is 1. The third-order valence-electron chi connectivity index (χ3n) is 4.05. The van der Waals surface area contributed by atoms with Crippen molar-refractivity contribution in [3.63, 3.8) is 0 Å². The van der Waals surface area contributed by atoms with Crippen LogP contribution in [0.4, 0.5) is 0 Å². The van der Waals surface area contributed by atoms with Crippen LogP contribution in [0.5, 0.6) is 0 Å². The standard InChI is InChI=1S/C19H18BrN3/c20-15-7-5-14(6-8-15)19-16(3-1-2-10-21)17-11-13(12-22)4-9-18(17)23-19/h4-9,11,23H,1-3,10,21H2. The lowest BCUT2D eigenvalue weighted by atomic mass is 9.99. The van der Waals surface area contributed by atoms with E-state index in [2.05, 4.69) is 39.1 Å². The van der Waals surface area contributed by atoms with E-state index in [0.717, 1.165) is 45.9 Å². The third kappa shape index (κ3) is 3.31. The highest BCUT2D eigenvalue weighted by atomic mass is 79.9. The Kier molecular flexibility index (Phi) is 4.80. The van der Waals surface area contributed by atoms with Crippen molar-refractivity contribution in [3.05, 3.63) is 58.1 Å². The molecule has 1 aromatic heterocycles. The van der Waals surface area contributed by atoms with Gasteiger partial charge >= 0.3 is 0 Å². The monoisotopic (exact) mass is 367 g/mol. The van der Waals surface area contributed by atoms with E-state index in [0.29, 0.717) is 12.1 Å². The molecule has 0 unspecified atom stereocenters. The van der Waals surface area contributed by atoms with Crippen LogP contribution in [0.3, 0.4) is 0 Å². The molecule has 2 aromatic carbocycles. The Morgan fingerprint density at radius 1 is 1.09 bits per heavy atom. The zero-order chi connectivity index (χ0) is 16.2. The van der Waals surface area contributed by atoms with Crippen molar-refractivity contribution in [2.75, 3.05) is 6.54 Å². The smallest absolute Gasteiger partial charge is 0.0991 e. The number of nitriles is 1. The van der Waals surface area contributed by atoms with E-state index in [1.165, 1.54) is 5.56 Å². The summed E-state index contributed by atoms with van der Waals surface area (Å²) < 4.78 is 1.06. The number of hydrogen-bond acceptors (Lipinski definition) is 2. The van der Waals surface area contributed by atoms with Gasteiger partial charge in [-0.05, 0) is 67.3 Å². The van der Waals surface area contributed by atoms with Crippen molar-refractivity contribution >= 4 is 26.8 Å². The van der Waals surface area contributed by atoms with Crippen LogP contribution in [-0.2, 0) is 6.42 Å². The Bertz CT molecular complexity index is 857.